The zero-order valence-corrected chi connectivity index (χ0v) is 10.7. The van der Waals surface area contributed by atoms with Gasteiger partial charge in [-0.15, -0.1) is 11.3 Å². The maximum atomic E-state index is 11.6. The van der Waals surface area contributed by atoms with Crippen LogP contribution in [0.3, 0.4) is 0 Å². The lowest BCUT2D eigenvalue weighted by Crippen LogP contribution is -2.42. The summed E-state index contributed by atoms with van der Waals surface area (Å²) < 4.78 is 0. The molecule has 6 heteroatoms. The van der Waals surface area contributed by atoms with Crippen LogP contribution in [0.15, 0.2) is 17.5 Å². The fraction of sp³-hybridized carbons (Fsp3) is 0.455. The summed E-state index contributed by atoms with van der Waals surface area (Å²) in [6.07, 6.45) is 0. The minimum atomic E-state index is -0.707. The zero-order valence-electron chi connectivity index (χ0n) is 9.90. The van der Waals surface area contributed by atoms with Gasteiger partial charge in [0.1, 0.15) is 6.04 Å². The molecule has 4 N–H and O–H groups in total. The molecule has 5 nitrogen and oxygen atoms in total. The molecule has 1 rings (SSSR count). The van der Waals surface area contributed by atoms with Gasteiger partial charge in [-0.1, -0.05) is 6.07 Å². The van der Waals surface area contributed by atoms with E-state index in [1.54, 1.807) is 6.07 Å². The third-order valence-corrected chi connectivity index (χ3v) is 2.96. The normalized spacial score (nSPS) is 12.2. The van der Waals surface area contributed by atoms with Crippen LogP contribution in [-0.2, 0) is 9.59 Å². The largest absolute Gasteiger partial charge is 0.352 e. The first-order valence-electron chi connectivity index (χ1n) is 5.36. The molecule has 1 atom stereocenters. The Morgan fingerprint density at radius 3 is 2.71 bits per heavy atom. The number of nitrogens with one attached hydrogen (secondary N) is 2. The molecular formula is C11H17N3O2S. The van der Waals surface area contributed by atoms with Crippen molar-refractivity contribution < 1.29 is 9.59 Å². The van der Waals surface area contributed by atoms with Crippen LogP contribution in [0.4, 0.5) is 0 Å². The molecule has 0 spiro atoms. The van der Waals surface area contributed by atoms with Crippen LogP contribution < -0.4 is 16.4 Å². The average molecular weight is 255 g/mol. The van der Waals surface area contributed by atoms with Gasteiger partial charge in [0.15, 0.2) is 0 Å². The van der Waals surface area contributed by atoms with E-state index in [-0.39, 0.29) is 24.4 Å². The molecule has 0 saturated heterocycles. The van der Waals surface area contributed by atoms with Gasteiger partial charge in [0.05, 0.1) is 6.54 Å². The van der Waals surface area contributed by atoms with E-state index in [1.807, 2.05) is 25.3 Å². The van der Waals surface area contributed by atoms with Gasteiger partial charge < -0.3 is 16.4 Å². The zero-order chi connectivity index (χ0) is 12.8. The van der Waals surface area contributed by atoms with Gasteiger partial charge >= 0.3 is 0 Å². The minimum Gasteiger partial charge on any atom is -0.352 e. The Balaban J connectivity index is 2.37. The SMILES string of the molecule is CC(C)NC(=O)CNC(=O)C(N)c1cccs1. The van der Waals surface area contributed by atoms with E-state index in [9.17, 15) is 9.59 Å². The molecular weight excluding hydrogens is 238 g/mol. The smallest absolute Gasteiger partial charge is 0.242 e. The Hall–Kier alpha value is -1.40. The topological polar surface area (TPSA) is 84.2 Å². The summed E-state index contributed by atoms with van der Waals surface area (Å²) in [6.45, 7) is 3.67. The molecule has 94 valence electrons. The number of carbonyl (C=O) groups excluding carboxylic acids is 2. The predicted octanol–water partition coefficient (Wildman–Crippen LogP) is 0.389. The van der Waals surface area contributed by atoms with Crippen LogP contribution in [-0.4, -0.2) is 24.4 Å². The maximum absolute atomic E-state index is 11.6. The van der Waals surface area contributed by atoms with E-state index >= 15 is 0 Å². The van der Waals surface area contributed by atoms with E-state index in [4.69, 9.17) is 5.73 Å². The lowest BCUT2D eigenvalue weighted by atomic mass is 10.2. The Bertz CT molecular complexity index is 376. The first-order valence-corrected chi connectivity index (χ1v) is 6.24. The van der Waals surface area contributed by atoms with Gasteiger partial charge in [-0.2, -0.15) is 0 Å². The summed E-state index contributed by atoms with van der Waals surface area (Å²) >= 11 is 1.42. The van der Waals surface area contributed by atoms with Crippen LogP contribution in [0.5, 0.6) is 0 Å². The highest BCUT2D eigenvalue weighted by Gasteiger charge is 2.17. The van der Waals surface area contributed by atoms with Gasteiger partial charge in [-0.05, 0) is 25.3 Å². The third-order valence-electron chi connectivity index (χ3n) is 2.01. The van der Waals surface area contributed by atoms with Crippen molar-refractivity contribution in [3.63, 3.8) is 0 Å². The van der Waals surface area contributed by atoms with Gasteiger partial charge in [-0.3, -0.25) is 9.59 Å². The first-order chi connectivity index (χ1) is 8.00. The average Bonchev–Trinajstić information content (AvgIpc) is 2.77. The second kappa shape index (κ2) is 6.36. The van der Waals surface area contributed by atoms with Crippen molar-refractivity contribution in [1.29, 1.82) is 0 Å². The predicted molar refractivity (Wildman–Crippen MR) is 67.5 cm³/mol. The van der Waals surface area contributed by atoms with E-state index in [0.717, 1.165) is 4.88 Å². The second-order valence-corrected chi connectivity index (χ2v) is 4.91. The van der Waals surface area contributed by atoms with Gasteiger partial charge in [0, 0.05) is 10.9 Å². The molecule has 1 heterocycles. The highest BCUT2D eigenvalue weighted by atomic mass is 32.1. The van der Waals surface area contributed by atoms with Crippen LogP contribution in [0.1, 0.15) is 24.8 Å². The Morgan fingerprint density at radius 2 is 2.18 bits per heavy atom. The molecule has 0 radical (unpaired) electrons. The number of carbonyl (C=O) groups is 2. The summed E-state index contributed by atoms with van der Waals surface area (Å²) in [5, 5.41) is 7.04. The van der Waals surface area contributed by atoms with Crippen LogP contribution in [0, 0.1) is 0 Å². The number of rotatable bonds is 5. The molecule has 17 heavy (non-hydrogen) atoms. The fourth-order valence-electron chi connectivity index (χ4n) is 1.25. The second-order valence-electron chi connectivity index (χ2n) is 3.93. The lowest BCUT2D eigenvalue weighted by Gasteiger charge is -2.12. The molecule has 0 fully saturated rings. The summed E-state index contributed by atoms with van der Waals surface area (Å²) in [6, 6.07) is 2.98. The van der Waals surface area contributed by atoms with Crippen molar-refractivity contribution in [3.05, 3.63) is 22.4 Å². The Kier molecular flexibility index (Phi) is 5.11. The number of hydrogen-bond donors (Lipinski definition) is 3. The number of amides is 2. The van der Waals surface area contributed by atoms with Crippen molar-refractivity contribution in [2.24, 2.45) is 5.73 Å². The maximum Gasteiger partial charge on any atom is 0.242 e. The Morgan fingerprint density at radius 1 is 1.47 bits per heavy atom. The number of nitrogens with two attached hydrogens (primary N) is 1. The van der Waals surface area contributed by atoms with E-state index in [1.165, 1.54) is 11.3 Å². The monoisotopic (exact) mass is 255 g/mol. The number of thiophene rings is 1. The molecule has 0 aliphatic rings. The molecule has 0 saturated carbocycles. The molecule has 0 aliphatic heterocycles. The van der Waals surface area contributed by atoms with Crippen LogP contribution in [0.25, 0.3) is 0 Å². The van der Waals surface area contributed by atoms with Crippen molar-refractivity contribution >= 4 is 23.2 Å². The summed E-state index contributed by atoms with van der Waals surface area (Å²) in [5.74, 6) is -0.557. The summed E-state index contributed by atoms with van der Waals surface area (Å²) in [7, 11) is 0. The third kappa shape index (κ3) is 4.54. The van der Waals surface area contributed by atoms with Crippen molar-refractivity contribution in [3.8, 4) is 0 Å². The van der Waals surface area contributed by atoms with E-state index < -0.39 is 6.04 Å². The van der Waals surface area contributed by atoms with Gasteiger partial charge in [0.25, 0.3) is 0 Å². The van der Waals surface area contributed by atoms with Crippen molar-refractivity contribution in [1.82, 2.24) is 10.6 Å². The number of hydrogen-bond acceptors (Lipinski definition) is 4. The van der Waals surface area contributed by atoms with Crippen molar-refractivity contribution in [2.75, 3.05) is 6.54 Å². The summed E-state index contributed by atoms with van der Waals surface area (Å²) in [5.41, 5.74) is 5.74. The minimum absolute atomic E-state index is 0.0455. The van der Waals surface area contributed by atoms with E-state index in [2.05, 4.69) is 10.6 Å². The molecule has 0 aromatic carbocycles. The lowest BCUT2D eigenvalue weighted by molar-refractivity contribution is -0.127. The highest BCUT2D eigenvalue weighted by Crippen LogP contribution is 2.16. The standard InChI is InChI=1S/C11H17N3O2S/c1-7(2)14-9(15)6-13-11(16)10(12)8-4-3-5-17-8/h3-5,7,10H,6,12H2,1-2H3,(H,13,16)(H,14,15). The molecule has 1 aromatic rings. The van der Waals surface area contributed by atoms with Gasteiger partial charge in [0.2, 0.25) is 11.8 Å². The summed E-state index contributed by atoms with van der Waals surface area (Å²) in [4.78, 5) is 23.7. The first kappa shape index (κ1) is 13.7. The molecule has 1 unspecified atom stereocenters. The molecule has 0 bridgehead atoms. The van der Waals surface area contributed by atoms with E-state index in [0.29, 0.717) is 0 Å². The Labute approximate surface area is 104 Å². The highest BCUT2D eigenvalue weighted by molar-refractivity contribution is 7.10. The van der Waals surface area contributed by atoms with Gasteiger partial charge in [-0.25, -0.2) is 0 Å². The molecule has 2 amide bonds. The molecule has 1 aromatic heterocycles. The quantitative estimate of drug-likeness (QED) is 0.711. The van der Waals surface area contributed by atoms with Crippen LogP contribution in [0.2, 0.25) is 0 Å². The van der Waals surface area contributed by atoms with Crippen molar-refractivity contribution in [2.45, 2.75) is 25.9 Å². The fourth-order valence-corrected chi connectivity index (χ4v) is 1.97. The molecule has 0 aliphatic carbocycles. The van der Waals surface area contributed by atoms with Crippen LogP contribution >= 0.6 is 11.3 Å².